The average Bonchev–Trinajstić information content (AvgIpc) is 2.39. The molecule has 1 fully saturated rings. The molecule has 0 aromatic carbocycles. The van der Waals surface area contributed by atoms with Crippen LogP contribution in [0, 0.1) is 5.92 Å². The van der Waals surface area contributed by atoms with Crippen LogP contribution in [0.5, 0.6) is 0 Å². The van der Waals surface area contributed by atoms with E-state index in [4.69, 9.17) is 5.73 Å². The summed E-state index contributed by atoms with van der Waals surface area (Å²) in [4.78, 5) is 2.34. The monoisotopic (exact) mass is 262 g/mol. The molecule has 0 radical (unpaired) electrons. The molecule has 1 aromatic heterocycles. The highest BCUT2D eigenvalue weighted by Crippen LogP contribution is 2.25. The SMILES string of the molecule is CC(C)(C)c1ccc(N2CCC(CCN)CC2)nn1. The van der Waals surface area contributed by atoms with Gasteiger partial charge in [-0.05, 0) is 43.9 Å². The van der Waals surface area contributed by atoms with E-state index in [1.54, 1.807) is 0 Å². The van der Waals surface area contributed by atoms with Crippen LogP contribution in [0.15, 0.2) is 12.1 Å². The molecule has 1 aliphatic heterocycles. The molecule has 1 saturated heterocycles. The lowest BCUT2D eigenvalue weighted by molar-refractivity contribution is 0.384. The Balaban J connectivity index is 1.97. The van der Waals surface area contributed by atoms with Crippen LogP contribution in [0.4, 0.5) is 5.82 Å². The maximum atomic E-state index is 5.63. The standard InChI is InChI=1S/C15H26N4/c1-15(2,3)13-4-5-14(18-17-13)19-10-7-12(6-9-16)8-11-19/h4-5,12H,6-11,16H2,1-3H3. The van der Waals surface area contributed by atoms with Crippen molar-refractivity contribution in [2.75, 3.05) is 24.5 Å². The Bertz CT molecular complexity index is 386. The fraction of sp³-hybridized carbons (Fsp3) is 0.733. The summed E-state index contributed by atoms with van der Waals surface area (Å²) in [5.74, 6) is 1.81. The van der Waals surface area contributed by atoms with Crippen LogP contribution in [0.3, 0.4) is 0 Å². The molecule has 4 nitrogen and oxygen atoms in total. The van der Waals surface area contributed by atoms with Crippen molar-refractivity contribution in [3.05, 3.63) is 17.8 Å². The minimum absolute atomic E-state index is 0.0691. The van der Waals surface area contributed by atoms with Crippen molar-refractivity contribution in [2.45, 2.75) is 45.4 Å². The van der Waals surface area contributed by atoms with Gasteiger partial charge in [0.2, 0.25) is 0 Å². The Morgan fingerprint density at radius 2 is 1.89 bits per heavy atom. The summed E-state index contributed by atoms with van der Waals surface area (Å²) >= 11 is 0. The highest BCUT2D eigenvalue weighted by atomic mass is 15.3. The molecule has 0 aliphatic carbocycles. The molecule has 2 rings (SSSR count). The Morgan fingerprint density at radius 1 is 1.21 bits per heavy atom. The molecule has 4 heteroatoms. The van der Waals surface area contributed by atoms with E-state index in [2.05, 4.69) is 48.0 Å². The quantitative estimate of drug-likeness (QED) is 0.908. The maximum absolute atomic E-state index is 5.63. The zero-order valence-electron chi connectivity index (χ0n) is 12.4. The second-order valence-corrected chi connectivity index (χ2v) is 6.53. The van der Waals surface area contributed by atoms with Crippen molar-refractivity contribution >= 4 is 5.82 Å². The van der Waals surface area contributed by atoms with Crippen LogP contribution in [-0.2, 0) is 5.41 Å². The summed E-state index contributed by atoms with van der Waals surface area (Å²) < 4.78 is 0. The lowest BCUT2D eigenvalue weighted by Crippen LogP contribution is -2.35. The zero-order valence-corrected chi connectivity index (χ0v) is 12.4. The van der Waals surface area contributed by atoms with Crippen LogP contribution in [0.25, 0.3) is 0 Å². The number of nitrogens with two attached hydrogens (primary N) is 1. The van der Waals surface area contributed by atoms with E-state index < -0.39 is 0 Å². The number of aromatic nitrogens is 2. The van der Waals surface area contributed by atoms with Crippen molar-refractivity contribution in [1.29, 1.82) is 0 Å². The molecule has 19 heavy (non-hydrogen) atoms. The number of hydrogen-bond donors (Lipinski definition) is 1. The van der Waals surface area contributed by atoms with E-state index in [1.165, 1.54) is 12.8 Å². The molecule has 0 saturated carbocycles. The van der Waals surface area contributed by atoms with Crippen LogP contribution in [0.2, 0.25) is 0 Å². The van der Waals surface area contributed by atoms with Crippen LogP contribution in [0.1, 0.15) is 45.7 Å². The first kappa shape index (κ1) is 14.3. The van der Waals surface area contributed by atoms with Crippen LogP contribution < -0.4 is 10.6 Å². The second kappa shape index (κ2) is 5.87. The van der Waals surface area contributed by atoms with Crippen molar-refractivity contribution in [3.8, 4) is 0 Å². The number of piperidine rings is 1. The first-order chi connectivity index (χ1) is 9.00. The van der Waals surface area contributed by atoms with Gasteiger partial charge in [0, 0.05) is 18.5 Å². The Labute approximate surface area is 116 Å². The molecule has 0 bridgehead atoms. The van der Waals surface area contributed by atoms with Gasteiger partial charge in [0.15, 0.2) is 5.82 Å². The molecule has 0 atom stereocenters. The number of nitrogens with zero attached hydrogens (tertiary/aromatic N) is 3. The van der Waals surface area contributed by atoms with Gasteiger partial charge in [-0.3, -0.25) is 0 Å². The minimum atomic E-state index is 0.0691. The Morgan fingerprint density at radius 3 is 2.37 bits per heavy atom. The molecular weight excluding hydrogens is 236 g/mol. The molecular formula is C15H26N4. The minimum Gasteiger partial charge on any atom is -0.355 e. The lowest BCUT2D eigenvalue weighted by atomic mass is 9.92. The summed E-state index contributed by atoms with van der Waals surface area (Å²) in [5.41, 5.74) is 6.75. The lowest BCUT2D eigenvalue weighted by Gasteiger charge is -2.32. The van der Waals surface area contributed by atoms with Crippen LogP contribution >= 0.6 is 0 Å². The molecule has 2 N–H and O–H groups in total. The molecule has 0 unspecified atom stereocenters. The largest absolute Gasteiger partial charge is 0.355 e. The third-order valence-electron chi connectivity index (χ3n) is 3.93. The number of hydrogen-bond acceptors (Lipinski definition) is 4. The van der Waals surface area contributed by atoms with Gasteiger partial charge in [0.1, 0.15) is 0 Å². The number of rotatable bonds is 3. The second-order valence-electron chi connectivity index (χ2n) is 6.53. The average molecular weight is 262 g/mol. The Hall–Kier alpha value is -1.16. The summed E-state index contributed by atoms with van der Waals surface area (Å²) in [7, 11) is 0. The molecule has 0 spiro atoms. The zero-order chi connectivity index (χ0) is 13.9. The summed E-state index contributed by atoms with van der Waals surface area (Å²) in [6.45, 7) is 9.45. The summed E-state index contributed by atoms with van der Waals surface area (Å²) in [6, 6.07) is 4.21. The van der Waals surface area contributed by atoms with Gasteiger partial charge < -0.3 is 10.6 Å². The van der Waals surface area contributed by atoms with Gasteiger partial charge in [-0.2, -0.15) is 5.10 Å². The Kier molecular flexibility index (Phi) is 4.40. The molecule has 1 aromatic rings. The van der Waals surface area contributed by atoms with Crippen molar-refractivity contribution in [2.24, 2.45) is 11.7 Å². The topological polar surface area (TPSA) is 55.0 Å². The predicted molar refractivity (Wildman–Crippen MR) is 79.3 cm³/mol. The van der Waals surface area contributed by atoms with Gasteiger partial charge in [0.05, 0.1) is 5.69 Å². The number of anilines is 1. The maximum Gasteiger partial charge on any atom is 0.151 e. The van der Waals surface area contributed by atoms with E-state index in [1.807, 2.05) is 0 Å². The third-order valence-corrected chi connectivity index (χ3v) is 3.93. The molecule has 2 heterocycles. The summed E-state index contributed by atoms with van der Waals surface area (Å²) in [6.07, 6.45) is 3.60. The fourth-order valence-corrected chi connectivity index (χ4v) is 2.58. The van der Waals surface area contributed by atoms with E-state index in [-0.39, 0.29) is 5.41 Å². The van der Waals surface area contributed by atoms with Gasteiger partial charge >= 0.3 is 0 Å². The van der Waals surface area contributed by atoms with Crippen molar-refractivity contribution in [3.63, 3.8) is 0 Å². The fourth-order valence-electron chi connectivity index (χ4n) is 2.58. The van der Waals surface area contributed by atoms with Gasteiger partial charge in [0.25, 0.3) is 0 Å². The van der Waals surface area contributed by atoms with Crippen molar-refractivity contribution in [1.82, 2.24) is 10.2 Å². The van der Waals surface area contributed by atoms with Gasteiger partial charge in [-0.15, -0.1) is 5.10 Å². The van der Waals surface area contributed by atoms with E-state index >= 15 is 0 Å². The smallest absolute Gasteiger partial charge is 0.151 e. The predicted octanol–water partition coefficient (Wildman–Crippen LogP) is 2.34. The van der Waals surface area contributed by atoms with Crippen LogP contribution in [-0.4, -0.2) is 29.8 Å². The molecule has 1 aliphatic rings. The third kappa shape index (κ3) is 3.66. The van der Waals surface area contributed by atoms with E-state index in [0.717, 1.165) is 43.5 Å². The highest BCUT2D eigenvalue weighted by Gasteiger charge is 2.21. The first-order valence-electron chi connectivity index (χ1n) is 7.30. The van der Waals surface area contributed by atoms with E-state index in [0.29, 0.717) is 0 Å². The van der Waals surface area contributed by atoms with Gasteiger partial charge in [-0.1, -0.05) is 20.8 Å². The van der Waals surface area contributed by atoms with Crippen molar-refractivity contribution < 1.29 is 0 Å². The first-order valence-corrected chi connectivity index (χ1v) is 7.30. The molecule has 106 valence electrons. The highest BCUT2D eigenvalue weighted by molar-refractivity contribution is 5.38. The normalized spacial score (nSPS) is 17.8. The summed E-state index contributed by atoms with van der Waals surface area (Å²) in [5, 5.41) is 8.76. The van der Waals surface area contributed by atoms with Gasteiger partial charge in [-0.25, -0.2) is 0 Å². The molecule has 0 amide bonds. The van der Waals surface area contributed by atoms with E-state index in [9.17, 15) is 0 Å².